The molecule has 0 aliphatic heterocycles. The smallest absolute Gasteiger partial charge is 0.213 e. The third kappa shape index (κ3) is 2.82. The monoisotopic (exact) mass is 224 g/mol. The number of pyridine rings is 1. The van der Waals surface area contributed by atoms with Crippen LogP contribution in [0.3, 0.4) is 0 Å². The molecule has 0 saturated heterocycles. The second-order valence-corrected chi connectivity index (χ2v) is 3.72. The molecule has 2 rings (SSSR count). The Kier molecular flexibility index (Phi) is 3.37. The average molecular weight is 224 g/mol. The molecule has 0 N–H and O–H groups in total. The highest BCUT2D eigenvalue weighted by molar-refractivity contribution is 5.37. The summed E-state index contributed by atoms with van der Waals surface area (Å²) in [4.78, 5) is 4.08. The second-order valence-electron chi connectivity index (χ2n) is 3.72. The Morgan fingerprint density at radius 1 is 1.29 bits per heavy atom. The Morgan fingerprint density at radius 2 is 2.06 bits per heavy atom. The molecule has 1 heterocycles. The van der Waals surface area contributed by atoms with Gasteiger partial charge in [-0.05, 0) is 18.1 Å². The van der Waals surface area contributed by atoms with Crippen LogP contribution in [0, 0.1) is 18.3 Å². The SMILES string of the molecule is Cc1cc(OCc2ccccc2)ncc1C#N. The summed E-state index contributed by atoms with van der Waals surface area (Å²) >= 11 is 0. The minimum Gasteiger partial charge on any atom is -0.473 e. The largest absolute Gasteiger partial charge is 0.473 e. The summed E-state index contributed by atoms with van der Waals surface area (Å²) in [6, 6.07) is 13.8. The molecule has 84 valence electrons. The number of nitriles is 1. The molecule has 3 nitrogen and oxygen atoms in total. The zero-order valence-electron chi connectivity index (χ0n) is 9.55. The molecule has 0 atom stereocenters. The summed E-state index contributed by atoms with van der Waals surface area (Å²) in [6.45, 7) is 2.36. The average Bonchev–Trinajstić information content (AvgIpc) is 2.38. The van der Waals surface area contributed by atoms with Gasteiger partial charge in [-0.1, -0.05) is 30.3 Å². The molecule has 1 aromatic heterocycles. The standard InChI is InChI=1S/C14H12N2O/c1-11-7-14(16-9-13(11)8-15)17-10-12-5-3-2-4-6-12/h2-7,9H,10H2,1H3. The number of ether oxygens (including phenoxy) is 1. The van der Waals surface area contributed by atoms with E-state index in [0.717, 1.165) is 11.1 Å². The van der Waals surface area contributed by atoms with E-state index in [2.05, 4.69) is 11.1 Å². The maximum Gasteiger partial charge on any atom is 0.213 e. The van der Waals surface area contributed by atoms with E-state index in [1.165, 1.54) is 6.20 Å². The molecule has 0 aliphatic carbocycles. The van der Waals surface area contributed by atoms with Crippen molar-refractivity contribution in [2.24, 2.45) is 0 Å². The van der Waals surface area contributed by atoms with Crippen molar-refractivity contribution in [3.8, 4) is 11.9 Å². The molecule has 3 heteroatoms. The molecule has 0 unspecified atom stereocenters. The summed E-state index contributed by atoms with van der Waals surface area (Å²) in [5.74, 6) is 0.547. The molecule has 0 spiro atoms. The lowest BCUT2D eigenvalue weighted by molar-refractivity contribution is 0.293. The molecule has 0 saturated carbocycles. The summed E-state index contributed by atoms with van der Waals surface area (Å²) in [5, 5.41) is 8.79. The maximum absolute atomic E-state index is 8.79. The Hall–Kier alpha value is -2.34. The number of hydrogen-bond acceptors (Lipinski definition) is 3. The third-order valence-electron chi connectivity index (χ3n) is 2.44. The van der Waals surface area contributed by atoms with E-state index < -0.39 is 0 Å². The predicted molar refractivity (Wildman–Crippen MR) is 64.5 cm³/mol. The van der Waals surface area contributed by atoms with Gasteiger partial charge in [0.15, 0.2) is 0 Å². The molecule has 17 heavy (non-hydrogen) atoms. The van der Waals surface area contributed by atoms with Crippen molar-refractivity contribution in [2.75, 3.05) is 0 Å². The van der Waals surface area contributed by atoms with E-state index in [9.17, 15) is 0 Å². The second kappa shape index (κ2) is 5.13. The number of nitrogens with zero attached hydrogens (tertiary/aromatic N) is 2. The van der Waals surface area contributed by atoms with Gasteiger partial charge in [0.2, 0.25) is 5.88 Å². The fourth-order valence-corrected chi connectivity index (χ4v) is 1.46. The van der Waals surface area contributed by atoms with Crippen LogP contribution in [0.15, 0.2) is 42.6 Å². The highest BCUT2D eigenvalue weighted by atomic mass is 16.5. The van der Waals surface area contributed by atoms with Gasteiger partial charge in [-0.25, -0.2) is 4.98 Å². The third-order valence-corrected chi connectivity index (χ3v) is 2.44. The molecule has 0 bridgehead atoms. The van der Waals surface area contributed by atoms with Crippen LogP contribution in [0.5, 0.6) is 5.88 Å². The first-order chi connectivity index (χ1) is 8.29. The van der Waals surface area contributed by atoms with E-state index in [1.54, 1.807) is 6.07 Å². The van der Waals surface area contributed by atoms with Gasteiger partial charge in [-0.15, -0.1) is 0 Å². The van der Waals surface area contributed by atoms with Crippen molar-refractivity contribution < 1.29 is 4.74 Å². The van der Waals surface area contributed by atoms with Gasteiger partial charge in [0, 0.05) is 12.3 Å². The highest BCUT2D eigenvalue weighted by Crippen LogP contribution is 2.14. The molecular formula is C14H12N2O. The zero-order chi connectivity index (χ0) is 12.1. The quantitative estimate of drug-likeness (QED) is 0.805. The van der Waals surface area contributed by atoms with Gasteiger partial charge in [0.25, 0.3) is 0 Å². The van der Waals surface area contributed by atoms with Gasteiger partial charge < -0.3 is 4.74 Å². The Morgan fingerprint density at radius 3 is 2.71 bits per heavy atom. The van der Waals surface area contributed by atoms with Crippen LogP contribution in [0.25, 0.3) is 0 Å². The van der Waals surface area contributed by atoms with Crippen molar-refractivity contribution in [2.45, 2.75) is 13.5 Å². The maximum atomic E-state index is 8.79. The van der Waals surface area contributed by atoms with E-state index in [4.69, 9.17) is 10.00 Å². The lowest BCUT2D eigenvalue weighted by atomic mass is 10.2. The summed E-state index contributed by atoms with van der Waals surface area (Å²) in [7, 11) is 0. The summed E-state index contributed by atoms with van der Waals surface area (Å²) < 4.78 is 5.55. The number of benzene rings is 1. The molecule has 0 aliphatic rings. The molecule has 1 aromatic carbocycles. The van der Waals surface area contributed by atoms with Gasteiger partial charge >= 0.3 is 0 Å². The van der Waals surface area contributed by atoms with Crippen molar-refractivity contribution in [1.29, 1.82) is 5.26 Å². The minimum atomic E-state index is 0.485. The summed E-state index contributed by atoms with van der Waals surface area (Å²) in [6.07, 6.45) is 1.54. The van der Waals surface area contributed by atoms with Crippen molar-refractivity contribution in [3.05, 3.63) is 59.3 Å². The first-order valence-corrected chi connectivity index (χ1v) is 5.33. The van der Waals surface area contributed by atoms with E-state index in [0.29, 0.717) is 18.1 Å². The Bertz CT molecular complexity index is 544. The normalized spacial score (nSPS) is 9.65. The van der Waals surface area contributed by atoms with Crippen molar-refractivity contribution in [3.63, 3.8) is 0 Å². The van der Waals surface area contributed by atoms with E-state index in [-0.39, 0.29) is 0 Å². The van der Waals surface area contributed by atoms with Crippen LogP contribution in [0.2, 0.25) is 0 Å². The molecule has 2 aromatic rings. The van der Waals surface area contributed by atoms with E-state index in [1.807, 2.05) is 37.3 Å². The number of aryl methyl sites for hydroxylation is 1. The minimum absolute atomic E-state index is 0.485. The number of hydrogen-bond donors (Lipinski definition) is 0. The van der Waals surface area contributed by atoms with Crippen LogP contribution in [-0.2, 0) is 6.61 Å². The fourth-order valence-electron chi connectivity index (χ4n) is 1.46. The van der Waals surface area contributed by atoms with Gasteiger partial charge in [-0.3, -0.25) is 0 Å². The van der Waals surface area contributed by atoms with Crippen LogP contribution in [0.4, 0.5) is 0 Å². The molecular weight excluding hydrogens is 212 g/mol. The zero-order valence-corrected chi connectivity index (χ0v) is 9.55. The first-order valence-electron chi connectivity index (χ1n) is 5.33. The van der Waals surface area contributed by atoms with E-state index >= 15 is 0 Å². The summed E-state index contributed by atoms with van der Waals surface area (Å²) in [5.41, 5.74) is 2.55. The Labute approximate surface area is 100 Å². The van der Waals surface area contributed by atoms with Gasteiger partial charge in [-0.2, -0.15) is 5.26 Å². The Balaban J connectivity index is 2.06. The number of rotatable bonds is 3. The first kappa shape index (κ1) is 11.2. The molecule has 0 fully saturated rings. The number of aromatic nitrogens is 1. The highest BCUT2D eigenvalue weighted by Gasteiger charge is 2.01. The van der Waals surface area contributed by atoms with Crippen LogP contribution >= 0.6 is 0 Å². The lowest BCUT2D eigenvalue weighted by Crippen LogP contribution is -1.98. The topological polar surface area (TPSA) is 45.9 Å². The van der Waals surface area contributed by atoms with Gasteiger partial charge in [0.1, 0.15) is 12.7 Å². The van der Waals surface area contributed by atoms with Crippen LogP contribution in [0.1, 0.15) is 16.7 Å². The van der Waals surface area contributed by atoms with Gasteiger partial charge in [0.05, 0.1) is 5.56 Å². The lowest BCUT2D eigenvalue weighted by Gasteiger charge is -2.06. The van der Waals surface area contributed by atoms with Crippen molar-refractivity contribution >= 4 is 0 Å². The fraction of sp³-hybridized carbons (Fsp3) is 0.143. The molecule has 0 amide bonds. The van der Waals surface area contributed by atoms with Crippen LogP contribution in [-0.4, -0.2) is 4.98 Å². The molecule has 0 radical (unpaired) electrons. The van der Waals surface area contributed by atoms with Crippen molar-refractivity contribution in [1.82, 2.24) is 4.98 Å². The predicted octanol–water partition coefficient (Wildman–Crippen LogP) is 2.84. The van der Waals surface area contributed by atoms with Crippen LogP contribution < -0.4 is 4.74 Å².